The van der Waals surface area contributed by atoms with Crippen molar-refractivity contribution < 1.29 is 9.59 Å². The van der Waals surface area contributed by atoms with Crippen molar-refractivity contribution in [2.45, 2.75) is 43.4 Å². The molecule has 0 radical (unpaired) electrons. The molecule has 0 unspecified atom stereocenters. The van der Waals surface area contributed by atoms with Gasteiger partial charge in [0, 0.05) is 36.9 Å². The summed E-state index contributed by atoms with van der Waals surface area (Å²) in [4.78, 5) is 29.8. The molecule has 146 valence electrons. The largest absolute Gasteiger partial charge is 0.338 e. The van der Waals surface area contributed by atoms with Gasteiger partial charge >= 0.3 is 0 Å². The van der Waals surface area contributed by atoms with Crippen molar-refractivity contribution in [1.29, 1.82) is 0 Å². The van der Waals surface area contributed by atoms with E-state index in [2.05, 4.69) is 4.90 Å². The van der Waals surface area contributed by atoms with E-state index < -0.39 is 0 Å². The van der Waals surface area contributed by atoms with E-state index in [-0.39, 0.29) is 16.7 Å². The number of hydrogen-bond acceptors (Lipinski definition) is 3. The highest BCUT2D eigenvalue weighted by atomic mass is 35.5. The molecule has 1 aliphatic carbocycles. The maximum absolute atomic E-state index is 13.0. The summed E-state index contributed by atoms with van der Waals surface area (Å²) in [6.07, 6.45) is 6.11. The number of carbonyl (C=O) groups is 2. The van der Waals surface area contributed by atoms with E-state index in [1.54, 1.807) is 18.2 Å². The van der Waals surface area contributed by atoms with E-state index in [4.69, 9.17) is 23.2 Å². The summed E-state index contributed by atoms with van der Waals surface area (Å²) in [5.74, 6) is 1.55. The molecule has 3 fully saturated rings. The van der Waals surface area contributed by atoms with Gasteiger partial charge in [-0.3, -0.25) is 9.59 Å². The van der Waals surface area contributed by atoms with Crippen LogP contribution in [0.1, 0.15) is 48.9 Å². The van der Waals surface area contributed by atoms with Crippen molar-refractivity contribution in [1.82, 2.24) is 9.80 Å². The third kappa shape index (κ3) is 3.70. The van der Waals surface area contributed by atoms with Gasteiger partial charge < -0.3 is 9.80 Å². The number of amides is 2. The van der Waals surface area contributed by atoms with Gasteiger partial charge in [0.05, 0.1) is 14.9 Å². The minimum Gasteiger partial charge on any atom is -0.338 e. The van der Waals surface area contributed by atoms with Crippen LogP contribution >= 0.6 is 35.0 Å². The van der Waals surface area contributed by atoms with E-state index in [0.29, 0.717) is 34.6 Å². The zero-order chi connectivity index (χ0) is 19.0. The zero-order valence-corrected chi connectivity index (χ0v) is 17.6. The molecule has 0 atom stereocenters. The van der Waals surface area contributed by atoms with Crippen LogP contribution < -0.4 is 0 Å². The van der Waals surface area contributed by atoms with Gasteiger partial charge in [-0.05, 0) is 43.9 Å². The van der Waals surface area contributed by atoms with E-state index in [1.807, 2.05) is 16.7 Å². The number of nitrogens with zero attached hydrogens (tertiary/aromatic N) is 2. The van der Waals surface area contributed by atoms with Crippen LogP contribution in [0.5, 0.6) is 0 Å². The summed E-state index contributed by atoms with van der Waals surface area (Å²) >= 11 is 13.9. The molecular formula is C20H24Cl2N2O2S. The van der Waals surface area contributed by atoms with E-state index >= 15 is 0 Å². The van der Waals surface area contributed by atoms with Crippen LogP contribution in [0.25, 0.3) is 0 Å². The van der Waals surface area contributed by atoms with Crippen molar-refractivity contribution in [2.75, 3.05) is 25.4 Å². The Morgan fingerprint density at radius 1 is 1.04 bits per heavy atom. The second-order valence-electron chi connectivity index (χ2n) is 7.69. The van der Waals surface area contributed by atoms with Crippen LogP contribution in [0.3, 0.4) is 0 Å². The van der Waals surface area contributed by atoms with Crippen molar-refractivity contribution in [3.63, 3.8) is 0 Å². The van der Waals surface area contributed by atoms with Crippen LogP contribution in [-0.2, 0) is 4.79 Å². The SMILES string of the molecule is O=C(c1ccc(Cl)c(Cl)c1)N1CCC2(CC1)SCCN2C(=O)C1CCCC1. The first-order valence-corrected chi connectivity index (χ1v) is 11.4. The predicted octanol–water partition coefficient (Wildman–Crippen LogP) is 4.69. The van der Waals surface area contributed by atoms with Gasteiger partial charge in [-0.25, -0.2) is 0 Å². The lowest BCUT2D eigenvalue weighted by molar-refractivity contribution is -0.138. The third-order valence-electron chi connectivity index (χ3n) is 6.15. The molecule has 4 rings (SSSR count). The number of carbonyl (C=O) groups excluding carboxylic acids is 2. The van der Waals surface area contributed by atoms with E-state index in [1.165, 1.54) is 12.8 Å². The summed E-state index contributed by atoms with van der Waals surface area (Å²) in [5, 5.41) is 0.852. The predicted molar refractivity (Wildman–Crippen MR) is 110 cm³/mol. The number of piperidine rings is 1. The molecule has 2 saturated heterocycles. The summed E-state index contributed by atoms with van der Waals surface area (Å²) in [6, 6.07) is 5.02. The number of thioether (sulfide) groups is 1. The van der Waals surface area contributed by atoms with Crippen molar-refractivity contribution >= 4 is 46.8 Å². The normalized spacial score (nSPS) is 22.6. The number of rotatable bonds is 2. The zero-order valence-electron chi connectivity index (χ0n) is 15.3. The summed E-state index contributed by atoms with van der Waals surface area (Å²) in [6.45, 7) is 2.18. The van der Waals surface area contributed by atoms with Gasteiger partial charge in [-0.1, -0.05) is 36.0 Å². The average molecular weight is 427 g/mol. The first-order valence-electron chi connectivity index (χ1n) is 9.70. The summed E-state index contributed by atoms with van der Waals surface area (Å²) < 4.78 is 0. The molecule has 2 amide bonds. The fraction of sp³-hybridized carbons (Fsp3) is 0.600. The molecule has 1 saturated carbocycles. The highest BCUT2D eigenvalue weighted by Gasteiger charge is 2.48. The fourth-order valence-electron chi connectivity index (χ4n) is 4.60. The number of likely N-dealkylation sites (tertiary alicyclic amines) is 1. The van der Waals surface area contributed by atoms with E-state index in [0.717, 1.165) is 38.0 Å². The van der Waals surface area contributed by atoms with Crippen LogP contribution in [0, 0.1) is 5.92 Å². The van der Waals surface area contributed by atoms with Crippen LogP contribution in [-0.4, -0.2) is 51.9 Å². The molecule has 2 heterocycles. The highest BCUT2D eigenvalue weighted by molar-refractivity contribution is 8.00. The highest BCUT2D eigenvalue weighted by Crippen LogP contribution is 2.45. The molecule has 0 aromatic heterocycles. The van der Waals surface area contributed by atoms with Gasteiger partial charge in [0.2, 0.25) is 5.91 Å². The quantitative estimate of drug-likeness (QED) is 0.688. The summed E-state index contributed by atoms with van der Waals surface area (Å²) in [5.41, 5.74) is 0.568. The van der Waals surface area contributed by atoms with Crippen molar-refractivity contribution in [3.05, 3.63) is 33.8 Å². The minimum atomic E-state index is -0.117. The Morgan fingerprint density at radius 2 is 1.74 bits per heavy atom. The van der Waals surface area contributed by atoms with Gasteiger partial charge in [0.1, 0.15) is 0 Å². The van der Waals surface area contributed by atoms with Crippen molar-refractivity contribution in [2.24, 2.45) is 5.92 Å². The number of benzene rings is 1. The minimum absolute atomic E-state index is 0.0138. The molecule has 7 heteroatoms. The molecular weight excluding hydrogens is 403 g/mol. The lowest BCUT2D eigenvalue weighted by Crippen LogP contribution is -2.54. The lowest BCUT2D eigenvalue weighted by atomic mass is 9.98. The van der Waals surface area contributed by atoms with Gasteiger partial charge in [-0.2, -0.15) is 0 Å². The Kier molecular flexibility index (Phi) is 5.64. The molecule has 0 N–H and O–H groups in total. The number of hydrogen-bond donors (Lipinski definition) is 0. The molecule has 0 bridgehead atoms. The monoisotopic (exact) mass is 426 g/mol. The second-order valence-corrected chi connectivity index (χ2v) is 9.96. The molecule has 1 aromatic rings. The topological polar surface area (TPSA) is 40.6 Å². The molecule has 1 aromatic carbocycles. The Morgan fingerprint density at radius 3 is 2.41 bits per heavy atom. The first-order chi connectivity index (χ1) is 13.0. The fourth-order valence-corrected chi connectivity index (χ4v) is 6.36. The molecule has 4 nitrogen and oxygen atoms in total. The van der Waals surface area contributed by atoms with Gasteiger partial charge in [-0.15, -0.1) is 11.8 Å². The first kappa shape index (κ1) is 19.4. The maximum atomic E-state index is 13.0. The molecule has 27 heavy (non-hydrogen) atoms. The van der Waals surface area contributed by atoms with Crippen molar-refractivity contribution in [3.8, 4) is 0 Å². The van der Waals surface area contributed by atoms with Crippen LogP contribution in [0.4, 0.5) is 0 Å². The average Bonchev–Trinajstić information content (AvgIpc) is 3.34. The number of halogens is 2. The molecule has 1 spiro atoms. The van der Waals surface area contributed by atoms with Gasteiger partial charge in [0.15, 0.2) is 0 Å². The second kappa shape index (κ2) is 7.84. The van der Waals surface area contributed by atoms with Gasteiger partial charge in [0.25, 0.3) is 5.91 Å². The Hall–Kier alpha value is -0.910. The van der Waals surface area contributed by atoms with Crippen LogP contribution in [0.15, 0.2) is 18.2 Å². The standard InChI is InChI=1S/C20H24Cl2N2O2S/c21-16-6-5-15(13-17(16)22)18(25)23-9-7-20(8-10-23)24(11-12-27-20)19(26)14-3-1-2-4-14/h5-6,13-14H,1-4,7-12H2. The smallest absolute Gasteiger partial charge is 0.253 e. The van der Waals surface area contributed by atoms with Crippen LogP contribution in [0.2, 0.25) is 10.0 Å². The summed E-state index contributed by atoms with van der Waals surface area (Å²) in [7, 11) is 0. The molecule has 2 aliphatic heterocycles. The Labute approximate surface area is 174 Å². The lowest BCUT2D eigenvalue weighted by Gasteiger charge is -2.44. The Balaban J connectivity index is 1.43. The Bertz CT molecular complexity index is 743. The maximum Gasteiger partial charge on any atom is 0.253 e. The third-order valence-corrected chi connectivity index (χ3v) is 8.44. The molecule has 3 aliphatic rings. The van der Waals surface area contributed by atoms with E-state index in [9.17, 15) is 9.59 Å².